The molecule has 46 heavy (non-hydrogen) atoms. The van der Waals surface area contributed by atoms with E-state index in [9.17, 15) is 24.5 Å². The molecule has 4 rings (SSSR count). The normalized spacial score (nSPS) is 11.6. The summed E-state index contributed by atoms with van der Waals surface area (Å²) in [6.07, 6.45) is 1.53. The van der Waals surface area contributed by atoms with Crippen molar-refractivity contribution in [3.63, 3.8) is 0 Å². The van der Waals surface area contributed by atoms with Crippen LogP contribution in [-0.2, 0) is 9.59 Å². The minimum Gasteiger partial charge on any atom is -0.493 e. The molecule has 4 aromatic carbocycles. The third-order valence-electron chi connectivity index (χ3n) is 6.73. The average molecular weight is 641 g/mol. The van der Waals surface area contributed by atoms with Crippen LogP contribution in [0, 0.1) is 17.0 Å². The van der Waals surface area contributed by atoms with Gasteiger partial charge in [-0.15, -0.1) is 11.8 Å². The Morgan fingerprint density at radius 3 is 2.22 bits per heavy atom. The number of anilines is 2. The number of nitro groups is 1. The van der Waals surface area contributed by atoms with Crippen LogP contribution in [0.2, 0.25) is 0 Å². The summed E-state index contributed by atoms with van der Waals surface area (Å²) in [7, 11) is 3.02. The number of carbonyl (C=O) groups is 3. The summed E-state index contributed by atoms with van der Waals surface area (Å²) in [5, 5.41) is 18.9. The number of aryl methyl sites for hydroxylation is 1. The number of hydrogen-bond donors (Lipinski definition) is 3. The lowest BCUT2D eigenvalue weighted by atomic mass is 10.1. The van der Waals surface area contributed by atoms with E-state index >= 15 is 0 Å². The molecule has 0 fully saturated rings. The Labute approximate surface area is 270 Å². The summed E-state index contributed by atoms with van der Waals surface area (Å²) in [5.41, 5.74) is 2.41. The van der Waals surface area contributed by atoms with E-state index in [2.05, 4.69) is 16.0 Å². The Hall–Kier alpha value is -5.62. The molecule has 0 aliphatic carbocycles. The van der Waals surface area contributed by atoms with Gasteiger partial charge in [-0.25, -0.2) is 0 Å². The van der Waals surface area contributed by atoms with Crippen LogP contribution < -0.4 is 25.4 Å². The molecular formula is C34H32N4O7S. The number of benzene rings is 4. The SMILES string of the molecule is COc1ccc(/C=C(\NC(=O)c2ccccc2)C(=O)Nc2ccc(SC(C)C(=O)Nc3cc([N+](=O)[O-])ccc3C)cc2)cc1OC. The number of hydrogen-bond acceptors (Lipinski definition) is 8. The minimum absolute atomic E-state index is 0.00117. The van der Waals surface area contributed by atoms with Gasteiger partial charge in [-0.1, -0.05) is 30.3 Å². The zero-order valence-electron chi connectivity index (χ0n) is 25.5. The van der Waals surface area contributed by atoms with Crippen molar-refractivity contribution in [2.24, 2.45) is 0 Å². The summed E-state index contributed by atoms with van der Waals surface area (Å²) in [6.45, 7) is 3.48. The maximum absolute atomic E-state index is 13.4. The van der Waals surface area contributed by atoms with Crippen LogP contribution in [0.15, 0.2) is 102 Å². The number of nitro benzene ring substituents is 1. The Morgan fingerprint density at radius 2 is 1.57 bits per heavy atom. The maximum atomic E-state index is 13.4. The zero-order chi connectivity index (χ0) is 33.2. The molecule has 3 amide bonds. The first kappa shape index (κ1) is 33.3. The van der Waals surface area contributed by atoms with Crippen molar-refractivity contribution in [2.75, 3.05) is 24.9 Å². The quantitative estimate of drug-likeness (QED) is 0.0693. The second-order valence-corrected chi connectivity index (χ2v) is 11.4. The zero-order valence-corrected chi connectivity index (χ0v) is 26.3. The molecule has 0 radical (unpaired) electrons. The predicted molar refractivity (Wildman–Crippen MR) is 178 cm³/mol. The van der Waals surface area contributed by atoms with Crippen LogP contribution in [0.1, 0.15) is 28.4 Å². The molecule has 1 atom stereocenters. The van der Waals surface area contributed by atoms with Crippen LogP contribution in [0.4, 0.5) is 17.1 Å². The molecule has 0 spiro atoms. The van der Waals surface area contributed by atoms with Gasteiger partial charge in [0.15, 0.2) is 11.5 Å². The maximum Gasteiger partial charge on any atom is 0.272 e. The fourth-order valence-electron chi connectivity index (χ4n) is 4.22. The Morgan fingerprint density at radius 1 is 0.870 bits per heavy atom. The van der Waals surface area contributed by atoms with E-state index in [0.29, 0.717) is 39.6 Å². The first-order valence-corrected chi connectivity index (χ1v) is 14.9. The van der Waals surface area contributed by atoms with Gasteiger partial charge in [0, 0.05) is 28.3 Å². The van der Waals surface area contributed by atoms with Crippen molar-refractivity contribution < 1.29 is 28.8 Å². The molecule has 236 valence electrons. The lowest BCUT2D eigenvalue weighted by Crippen LogP contribution is -2.30. The van der Waals surface area contributed by atoms with Crippen molar-refractivity contribution >= 4 is 52.6 Å². The molecule has 0 aliphatic rings. The third kappa shape index (κ3) is 8.73. The van der Waals surface area contributed by atoms with Crippen molar-refractivity contribution in [1.29, 1.82) is 0 Å². The van der Waals surface area contributed by atoms with Gasteiger partial charge in [0.25, 0.3) is 17.5 Å². The molecule has 11 nitrogen and oxygen atoms in total. The summed E-state index contributed by atoms with van der Waals surface area (Å²) in [5.74, 6) is -0.351. The number of non-ortho nitro benzene ring substituents is 1. The van der Waals surface area contributed by atoms with Crippen molar-refractivity contribution in [3.05, 3.63) is 123 Å². The number of thioether (sulfide) groups is 1. The lowest BCUT2D eigenvalue weighted by molar-refractivity contribution is -0.384. The van der Waals surface area contributed by atoms with E-state index < -0.39 is 22.0 Å². The molecule has 12 heteroatoms. The van der Waals surface area contributed by atoms with Gasteiger partial charge in [-0.3, -0.25) is 24.5 Å². The molecule has 0 heterocycles. The number of nitrogens with zero attached hydrogens (tertiary/aromatic N) is 1. The standard InChI is InChI=1S/C34H32N4O7S/c1-21-10-14-26(38(42)43)20-28(21)36-32(39)22(2)46-27-15-12-25(13-16-27)35-34(41)29(37-33(40)24-8-6-5-7-9-24)18-23-11-17-30(44-3)31(19-23)45-4/h5-20,22H,1-4H3,(H,35,41)(H,36,39)(H,37,40)/b29-18-. The summed E-state index contributed by atoms with van der Waals surface area (Å²) >= 11 is 1.29. The van der Waals surface area contributed by atoms with E-state index in [4.69, 9.17) is 9.47 Å². The van der Waals surface area contributed by atoms with E-state index in [1.54, 1.807) is 92.7 Å². The van der Waals surface area contributed by atoms with Crippen molar-refractivity contribution in [3.8, 4) is 11.5 Å². The summed E-state index contributed by atoms with van der Waals surface area (Å²) in [6, 6.07) is 24.8. The molecule has 0 saturated carbocycles. The van der Waals surface area contributed by atoms with E-state index in [1.807, 2.05) is 0 Å². The number of nitrogens with one attached hydrogen (secondary N) is 3. The van der Waals surface area contributed by atoms with Gasteiger partial charge in [-0.2, -0.15) is 0 Å². The highest BCUT2D eigenvalue weighted by Gasteiger charge is 2.19. The Kier molecular flexibility index (Phi) is 11.1. The molecule has 0 bridgehead atoms. The van der Waals surface area contributed by atoms with Crippen molar-refractivity contribution in [1.82, 2.24) is 5.32 Å². The number of rotatable bonds is 12. The van der Waals surface area contributed by atoms with Gasteiger partial charge in [0.05, 0.1) is 30.1 Å². The highest BCUT2D eigenvalue weighted by molar-refractivity contribution is 8.00. The van der Waals surface area contributed by atoms with Gasteiger partial charge < -0.3 is 25.4 Å². The summed E-state index contributed by atoms with van der Waals surface area (Å²) < 4.78 is 10.7. The van der Waals surface area contributed by atoms with Crippen LogP contribution in [0.3, 0.4) is 0 Å². The Balaban J connectivity index is 1.47. The van der Waals surface area contributed by atoms with Gasteiger partial charge >= 0.3 is 0 Å². The van der Waals surface area contributed by atoms with Gasteiger partial charge in [0.2, 0.25) is 5.91 Å². The molecule has 4 aromatic rings. The largest absolute Gasteiger partial charge is 0.493 e. The molecule has 0 aromatic heterocycles. The smallest absolute Gasteiger partial charge is 0.272 e. The highest BCUT2D eigenvalue weighted by atomic mass is 32.2. The fourth-order valence-corrected chi connectivity index (χ4v) is 5.08. The molecule has 1 unspecified atom stereocenters. The lowest BCUT2D eigenvalue weighted by Gasteiger charge is -2.14. The third-order valence-corrected chi connectivity index (χ3v) is 7.84. The number of carbonyl (C=O) groups excluding carboxylic acids is 3. The van der Waals surface area contributed by atoms with Crippen LogP contribution >= 0.6 is 11.8 Å². The molecule has 3 N–H and O–H groups in total. The molecule has 0 aliphatic heterocycles. The van der Waals surface area contributed by atoms with E-state index in [1.165, 1.54) is 44.2 Å². The minimum atomic E-state index is -0.556. The number of ether oxygens (including phenoxy) is 2. The van der Waals surface area contributed by atoms with Crippen LogP contribution in [0.5, 0.6) is 11.5 Å². The highest BCUT2D eigenvalue weighted by Crippen LogP contribution is 2.29. The van der Waals surface area contributed by atoms with Gasteiger partial charge in [0.1, 0.15) is 5.70 Å². The number of amides is 3. The second-order valence-electron chi connectivity index (χ2n) is 9.98. The number of methoxy groups -OCH3 is 2. The Bertz CT molecular complexity index is 1780. The summed E-state index contributed by atoms with van der Waals surface area (Å²) in [4.78, 5) is 50.6. The van der Waals surface area contributed by atoms with Gasteiger partial charge in [-0.05, 0) is 79.6 Å². The predicted octanol–water partition coefficient (Wildman–Crippen LogP) is 6.45. The van der Waals surface area contributed by atoms with E-state index in [-0.39, 0.29) is 17.3 Å². The first-order valence-electron chi connectivity index (χ1n) is 14.0. The second kappa shape index (κ2) is 15.4. The average Bonchev–Trinajstić information content (AvgIpc) is 3.06. The molecular weight excluding hydrogens is 608 g/mol. The van der Waals surface area contributed by atoms with Crippen LogP contribution in [-0.4, -0.2) is 42.1 Å². The fraction of sp³-hybridized carbons (Fsp3) is 0.147. The monoisotopic (exact) mass is 640 g/mol. The van der Waals surface area contributed by atoms with Crippen molar-refractivity contribution in [2.45, 2.75) is 24.0 Å². The topological polar surface area (TPSA) is 149 Å². The van der Waals surface area contributed by atoms with Crippen LogP contribution in [0.25, 0.3) is 6.08 Å². The van der Waals surface area contributed by atoms with E-state index in [0.717, 1.165) is 4.90 Å². The molecule has 0 saturated heterocycles. The first-order chi connectivity index (χ1) is 22.1.